The standard InChI is InChI=1S/C23H31N5O4/c1-23(2)19-17(20(26-25-19)24-21(29)16-10-11-31-14-16)12-28(23)22(30)32-18(13-27(3)4)15-8-6-5-7-9-15/h5-9,16,18H,10-14H2,1-4H3,(H2,24,25,26,29)/t16?,18-/m1/s1. The molecule has 32 heavy (non-hydrogen) atoms. The molecular weight excluding hydrogens is 410 g/mol. The highest BCUT2D eigenvalue weighted by atomic mass is 16.6. The number of benzene rings is 1. The third kappa shape index (κ3) is 4.35. The third-order valence-electron chi connectivity index (χ3n) is 6.18. The maximum atomic E-state index is 13.3. The van der Waals surface area contributed by atoms with Crippen LogP contribution in [0.15, 0.2) is 30.3 Å². The lowest BCUT2D eigenvalue weighted by molar-refractivity contribution is -0.119. The van der Waals surface area contributed by atoms with Crippen LogP contribution in [-0.2, 0) is 26.4 Å². The van der Waals surface area contributed by atoms with Crippen molar-refractivity contribution in [1.29, 1.82) is 0 Å². The number of carbonyl (C=O) groups excluding carboxylic acids is 2. The Morgan fingerprint density at radius 3 is 2.75 bits per heavy atom. The molecule has 0 bridgehead atoms. The highest BCUT2D eigenvalue weighted by molar-refractivity contribution is 5.93. The molecule has 1 saturated heterocycles. The Morgan fingerprint density at radius 1 is 1.34 bits per heavy atom. The van der Waals surface area contributed by atoms with Crippen LogP contribution >= 0.6 is 0 Å². The molecule has 0 spiro atoms. The maximum Gasteiger partial charge on any atom is 0.411 e. The fourth-order valence-electron chi connectivity index (χ4n) is 4.27. The van der Waals surface area contributed by atoms with Crippen LogP contribution in [0.2, 0.25) is 0 Å². The topological polar surface area (TPSA) is 99.8 Å². The molecule has 2 N–H and O–H groups in total. The lowest BCUT2D eigenvalue weighted by Gasteiger charge is -2.33. The van der Waals surface area contributed by atoms with E-state index in [4.69, 9.17) is 9.47 Å². The molecular formula is C23H31N5O4. The largest absolute Gasteiger partial charge is 0.440 e. The van der Waals surface area contributed by atoms with Crippen LogP contribution in [-0.4, -0.2) is 65.9 Å². The molecule has 9 nitrogen and oxygen atoms in total. The van der Waals surface area contributed by atoms with Crippen LogP contribution in [0.4, 0.5) is 10.6 Å². The van der Waals surface area contributed by atoms with Crippen LogP contribution in [0, 0.1) is 5.92 Å². The first-order valence-corrected chi connectivity index (χ1v) is 10.9. The molecule has 1 fully saturated rings. The molecule has 0 radical (unpaired) electrons. The number of aromatic nitrogens is 2. The van der Waals surface area contributed by atoms with E-state index in [9.17, 15) is 9.59 Å². The summed E-state index contributed by atoms with van der Waals surface area (Å²) < 4.78 is 11.3. The molecule has 2 aliphatic rings. The number of carbonyl (C=O) groups is 2. The molecule has 1 aromatic heterocycles. The number of rotatable bonds is 6. The van der Waals surface area contributed by atoms with Crippen molar-refractivity contribution in [2.75, 3.05) is 39.2 Å². The van der Waals surface area contributed by atoms with Gasteiger partial charge in [-0.05, 0) is 39.9 Å². The summed E-state index contributed by atoms with van der Waals surface area (Å²) in [6, 6.07) is 9.74. The Hall–Kier alpha value is -2.91. The van der Waals surface area contributed by atoms with Gasteiger partial charge in [0.05, 0.1) is 30.3 Å². The van der Waals surface area contributed by atoms with E-state index in [1.165, 1.54) is 0 Å². The molecule has 172 valence electrons. The molecule has 2 atom stereocenters. The number of fused-ring (bicyclic) bond motifs is 1. The average Bonchev–Trinajstić information content (AvgIpc) is 3.47. The van der Waals surface area contributed by atoms with E-state index >= 15 is 0 Å². The van der Waals surface area contributed by atoms with E-state index < -0.39 is 17.7 Å². The van der Waals surface area contributed by atoms with Crippen molar-refractivity contribution in [3.05, 3.63) is 47.2 Å². The highest BCUT2D eigenvalue weighted by Crippen LogP contribution is 2.41. The summed E-state index contributed by atoms with van der Waals surface area (Å²) in [5.74, 6) is 0.189. The average molecular weight is 442 g/mol. The smallest absolute Gasteiger partial charge is 0.411 e. The zero-order valence-corrected chi connectivity index (χ0v) is 19.1. The Balaban J connectivity index is 1.50. The van der Waals surface area contributed by atoms with Crippen molar-refractivity contribution in [2.24, 2.45) is 5.92 Å². The summed E-state index contributed by atoms with van der Waals surface area (Å²) in [6.45, 7) is 5.78. The molecule has 3 heterocycles. The molecule has 9 heteroatoms. The first kappa shape index (κ1) is 22.3. The van der Waals surface area contributed by atoms with Crippen molar-refractivity contribution in [2.45, 2.75) is 38.5 Å². The second kappa shape index (κ2) is 8.91. The van der Waals surface area contributed by atoms with Crippen LogP contribution in [0.1, 0.15) is 43.2 Å². The Bertz CT molecular complexity index is 966. The number of ether oxygens (including phenoxy) is 2. The lowest BCUT2D eigenvalue weighted by Crippen LogP contribution is -2.42. The lowest BCUT2D eigenvalue weighted by atomic mass is 10.0. The van der Waals surface area contributed by atoms with E-state index in [2.05, 4.69) is 15.5 Å². The van der Waals surface area contributed by atoms with E-state index in [0.717, 1.165) is 16.8 Å². The Labute approximate surface area is 188 Å². The monoisotopic (exact) mass is 441 g/mol. The summed E-state index contributed by atoms with van der Waals surface area (Å²) in [7, 11) is 3.90. The molecule has 2 amide bonds. The predicted octanol–water partition coefficient (Wildman–Crippen LogP) is 2.87. The van der Waals surface area contributed by atoms with Gasteiger partial charge in [0.2, 0.25) is 5.91 Å². The van der Waals surface area contributed by atoms with Crippen molar-refractivity contribution in [3.8, 4) is 0 Å². The van der Waals surface area contributed by atoms with Crippen molar-refractivity contribution in [1.82, 2.24) is 20.0 Å². The minimum atomic E-state index is -0.655. The van der Waals surface area contributed by atoms with Crippen LogP contribution in [0.5, 0.6) is 0 Å². The zero-order chi connectivity index (χ0) is 22.9. The first-order chi connectivity index (χ1) is 15.3. The summed E-state index contributed by atoms with van der Waals surface area (Å²) in [6.07, 6.45) is -0.0975. The molecule has 0 aliphatic carbocycles. The second-order valence-electron chi connectivity index (χ2n) is 9.17. The number of likely N-dealkylation sites (N-methyl/N-ethyl adjacent to an activating group) is 1. The zero-order valence-electron chi connectivity index (χ0n) is 19.1. The van der Waals surface area contributed by atoms with Crippen molar-refractivity contribution in [3.63, 3.8) is 0 Å². The number of hydrogen-bond donors (Lipinski definition) is 2. The SMILES string of the molecule is CN(C)C[C@@H](OC(=O)N1Cc2c(NC(=O)C3CCOC3)n[nH]c2C1(C)C)c1ccccc1. The fourth-order valence-corrected chi connectivity index (χ4v) is 4.27. The summed E-state index contributed by atoms with van der Waals surface area (Å²) in [5, 5.41) is 10.2. The number of anilines is 1. The Kier molecular flexibility index (Phi) is 6.21. The quantitative estimate of drug-likeness (QED) is 0.715. The fraction of sp³-hybridized carbons (Fsp3) is 0.522. The van der Waals surface area contributed by atoms with Gasteiger partial charge in [-0.3, -0.25) is 14.8 Å². The first-order valence-electron chi connectivity index (χ1n) is 10.9. The number of hydrogen-bond acceptors (Lipinski definition) is 6. The molecule has 1 aromatic carbocycles. The molecule has 0 saturated carbocycles. The number of amides is 2. The van der Waals surface area contributed by atoms with Gasteiger partial charge >= 0.3 is 6.09 Å². The minimum Gasteiger partial charge on any atom is -0.440 e. The number of nitrogens with one attached hydrogen (secondary N) is 2. The molecule has 2 aromatic rings. The maximum absolute atomic E-state index is 13.3. The van der Waals surface area contributed by atoms with Gasteiger partial charge in [0.1, 0.15) is 6.10 Å². The third-order valence-corrected chi connectivity index (χ3v) is 6.18. The highest BCUT2D eigenvalue weighted by Gasteiger charge is 2.45. The number of nitrogens with zero attached hydrogens (tertiary/aromatic N) is 3. The van der Waals surface area contributed by atoms with Gasteiger partial charge in [0.15, 0.2) is 5.82 Å². The van der Waals surface area contributed by atoms with Crippen LogP contribution in [0.3, 0.4) is 0 Å². The van der Waals surface area contributed by atoms with E-state index in [1.54, 1.807) is 4.90 Å². The summed E-state index contributed by atoms with van der Waals surface area (Å²) >= 11 is 0. The molecule has 2 aliphatic heterocycles. The van der Waals surface area contributed by atoms with E-state index in [0.29, 0.717) is 38.5 Å². The van der Waals surface area contributed by atoms with Crippen LogP contribution < -0.4 is 5.32 Å². The molecule has 4 rings (SSSR count). The molecule has 1 unspecified atom stereocenters. The summed E-state index contributed by atoms with van der Waals surface area (Å²) in [5.41, 5.74) is 1.90. The van der Waals surface area contributed by atoms with E-state index in [-0.39, 0.29) is 11.8 Å². The summed E-state index contributed by atoms with van der Waals surface area (Å²) in [4.78, 5) is 29.5. The van der Waals surface area contributed by atoms with Crippen LogP contribution in [0.25, 0.3) is 0 Å². The van der Waals surface area contributed by atoms with Crippen molar-refractivity contribution >= 4 is 17.8 Å². The van der Waals surface area contributed by atoms with Gasteiger partial charge in [-0.15, -0.1) is 0 Å². The predicted molar refractivity (Wildman–Crippen MR) is 119 cm³/mol. The van der Waals surface area contributed by atoms with Gasteiger partial charge < -0.3 is 19.7 Å². The van der Waals surface area contributed by atoms with Gasteiger partial charge in [0.25, 0.3) is 0 Å². The van der Waals surface area contributed by atoms with Gasteiger partial charge in [0, 0.05) is 18.7 Å². The number of aromatic amines is 1. The van der Waals surface area contributed by atoms with Gasteiger partial charge in [-0.25, -0.2) is 4.79 Å². The second-order valence-corrected chi connectivity index (χ2v) is 9.17. The Morgan fingerprint density at radius 2 is 2.09 bits per heavy atom. The minimum absolute atomic E-state index is 0.106. The number of H-pyrrole nitrogens is 1. The van der Waals surface area contributed by atoms with E-state index in [1.807, 2.05) is 63.2 Å². The van der Waals surface area contributed by atoms with Gasteiger partial charge in [-0.2, -0.15) is 5.10 Å². The van der Waals surface area contributed by atoms with Crippen molar-refractivity contribution < 1.29 is 19.1 Å². The normalized spacial score (nSPS) is 20.3. The van der Waals surface area contributed by atoms with Gasteiger partial charge in [-0.1, -0.05) is 30.3 Å².